The second kappa shape index (κ2) is 11.6. The van der Waals surface area contributed by atoms with Crippen molar-refractivity contribution in [3.8, 4) is 5.75 Å². The summed E-state index contributed by atoms with van der Waals surface area (Å²) >= 11 is 0. The van der Waals surface area contributed by atoms with Gasteiger partial charge in [0, 0.05) is 6.61 Å². The molecule has 33 heavy (non-hydrogen) atoms. The predicted octanol–water partition coefficient (Wildman–Crippen LogP) is 4.54. The molecule has 0 saturated carbocycles. The maximum absolute atomic E-state index is 9.68. The lowest BCUT2D eigenvalue weighted by Gasteiger charge is -2.43. The van der Waals surface area contributed by atoms with Crippen LogP contribution in [0.4, 0.5) is 0 Å². The van der Waals surface area contributed by atoms with Crippen LogP contribution in [0.3, 0.4) is 0 Å². The van der Waals surface area contributed by atoms with Crippen molar-refractivity contribution >= 4 is 18.7 Å². The number of benzene rings is 3. The topological polar surface area (TPSA) is 47.9 Å². The maximum atomic E-state index is 9.68. The number of methoxy groups -OCH3 is 1. The highest BCUT2D eigenvalue weighted by Gasteiger charge is 2.50. The number of hydrogen-bond donors (Lipinski definition) is 1. The molecule has 0 aromatic heterocycles. The third kappa shape index (κ3) is 6.12. The van der Waals surface area contributed by atoms with E-state index in [0.29, 0.717) is 19.6 Å². The van der Waals surface area contributed by atoms with Crippen molar-refractivity contribution in [3.05, 3.63) is 90.5 Å². The summed E-state index contributed by atoms with van der Waals surface area (Å²) in [4.78, 5) is 0. The zero-order valence-corrected chi connectivity index (χ0v) is 21.2. The summed E-state index contributed by atoms with van der Waals surface area (Å²) in [6.45, 7) is 7.72. The molecular weight excluding hydrogens is 428 g/mol. The molecule has 0 aliphatic rings. The highest BCUT2D eigenvalue weighted by Crippen LogP contribution is 2.37. The van der Waals surface area contributed by atoms with Gasteiger partial charge in [0.25, 0.3) is 8.32 Å². The van der Waals surface area contributed by atoms with E-state index in [9.17, 15) is 5.11 Å². The molecule has 1 atom stereocenters. The van der Waals surface area contributed by atoms with Crippen molar-refractivity contribution in [2.75, 3.05) is 20.3 Å². The van der Waals surface area contributed by atoms with Gasteiger partial charge in [-0.1, -0.05) is 93.6 Å². The second-order valence-electron chi connectivity index (χ2n) is 9.27. The molecule has 0 saturated heterocycles. The Kier molecular flexibility index (Phi) is 8.86. The minimum absolute atomic E-state index is 0.0530. The van der Waals surface area contributed by atoms with Crippen LogP contribution in [-0.2, 0) is 15.8 Å². The molecule has 1 N–H and O–H groups in total. The third-order valence-corrected chi connectivity index (χ3v) is 11.0. The molecule has 0 fully saturated rings. The van der Waals surface area contributed by atoms with Gasteiger partial charge in [0.05, 0.1) is 26.4 Å². The molecule has 3 rings (SSSR count). The Labute approximate surface area is 199 Å². The summed E-state index contributed by atoms with van der Waals surface area (Å²) in [7, 11) is -0.982. The largest absolute Gasteiger partial charge is 0.497 e. The van der Waals surface area contributed by atoms with Gasteiger partial charge >= 0.3 is 0 Å². The Morgan fingerprint density at radius 1 is 0.818 bits per heavy atom. The van der Waals surface area contributed by atoms with E-state index in [4.69, 9.17) is 13.9 Å². The van der Waals surface area contributed by atoms with Crippen LogP contribution in [0.1, 0.15) is 32.8 Å². The number of rotatable bonds is 11. The molecule has 0 bridgehead atoms. The van der Waals surface area contributed by atoms with Gasteiger partial charge in [0.15, 0.2) is 0 Å². The summed E-state index contributed by atoms with van der Waals surface area (Å²) in [5, 5.41) is 12.1. The molecule has 5 heteroatoms. The molecule has 0 aliphatic heterocycles. The van der Waals surface area contributed by atoms with Crippen LogP contribution < -0.4 is 15.1 Å². The SMILES string of the molecule is COc1ccc(COC(CCO)CO[Si](c2ccccc2)(c2ccccc2)C(C)(C)C)cc1. The Bertz CT molecular complexity index is 913. The van der Waals surface area contributed by atoms with Gasteiger partial charge in [-0.2, -0.15) is 0 Å². The fraction of sp³-hybridized carbons (Fsp3) is 0.357. The Morgan fingerprint density at radius 3 is 1.82 bits per heavy atom. The third-order valence-electron chi connectivity index (χ3n) is 6.00. The smallest absolute Gasteiger partial charge is 0.261 e. The van der Waals surface area contributed by atoms with E-state index in [2.05, 4.69) is 69.3 Å². The van der Waals surface area contributed by atoms with E-state index in [0.717, 1.165) is 11.3 Å². The van der Waals surface area contributed by atoms with Crippen molar-refractivity contribution in [2.24, 2.45) is 0 Å². The van der Waals surface area contributed by atoms with E-state index in [1.165, 1.54) is 10.4 Å². The first kappa shape index (κ1) is 25.2. The van der Waals surface area contributed by atoms with Gasteiger partial charge in [-0.15, -0.1) is 0 Å². The molecule has 0 radical (unpaired) electrons. The molecule has 176 valence electrons. The minimum Gasteiger partial charge on any atom is -0.497 e. The highest BCUT2D eigenvalue weighted by atomic mass is 28.4. The normalized spacial score (nSPS) is 13.0. The summed E-state index contributed by atoms with van der Waals surface area (Å²) in [6, 6.07) is 29.0. The van der Waals surface area contributed by atoms with E-state index >= 15 is 0 Å². The summed E-state index contributed by atoms with van der Waals surface area (Å²) in [6.07, 6.45) is 0.313. The Morgan fingerprint density at radius 2 is 1.36 bits per heavy atom. The summed E-state index contributed by atoms with van der Waals surface area (Å²) < 4.78 is 18.4. The lowest BCUT2D eigenvalue weighted by atomic mass is 10.2. The molecule has 3 aromatic rings. The molecule has 3 aromatic carbocycles. The number of ether oxygens (including phenoxy) is 2. The second-order valence-corrected chi connectivity index (χ2v) is 13.6. The average Bonchev–Trinajstić information content (AvgIpc) is 2.83. The molecular formula is C28H36O4Si. The van der Waals surface area contributed by atoms with Crippen molar-refractivity contribution in [3.63, 3.8) is 0 Å². The van der Waals surface area contributed by atoms with Gasteiger partial charge in [-0.3, -0.25) is 0 Å². The first-order valence-corrected chi connectivity index (χ1v) is 13.4. The zero-order chi connectivity index (χ0) is 23.7. The average molecular weight is 465 g/mol. The number of aliphatic hydroxyl groups is 1. The van der Waals surface area contributed by atoms with E-state index in [1.807, 2.05) is 36.4 Å². The van der Waals surface area contributed by atoms with Crippen LogP contribution in [0, 0.1) is 0 Å². The van der Waals surface area contributed by atoms with Gasteiger partial charge < -0.3 is 19.0 Å². The van der Waals surface area contributed by atoms with Gasteiger partial charge in [0.1, 0.15) is 5.75 Å². The van der Waals surface area contributed by atoms with Crippen molar-refractivity contribution in [2.45, 2.75) is 44.9 Å². The van der Waals surface area contributed by atoms with Crippen LogP contribution in [-0.4, -0.2) is 39.9 Å². The van der Waals surface area contributed by atoms with Crippen molar-refractivity contribution in [1.82, 2.24) is 0 Å². The molecule has 0 spiro atoms. The van der Waals surface area contributed by atoms with Crippen molar-refractivity contribution < 1.29 is 19.0 Å². The Balaban J connectivity index is 1.86. The molecule has 1 unspecified atom stereocenters. The maximum Gasteiger partial charge on any atom is 0.261 e. The quantitative estimate of drug-likeness (QED) is 0.423. The summed E-state index contributed by atoms with van der Waals surface area (Å²) in [5.74, 6) is 0.820. The van der Waals surface area contributed by atoms with E-state index < -0.39 is 8.32 Å². The molecule has 0 amide bonds. The number of aliphatic hydroxyl groups excluding tert-OH is 1. The van der Waals surface area contributed by atoms with E-state index in [1.54, 1.807) is 7.11 Å². The minimum atomic E-state index is -2.64. The van der Waals surface area contributed by atoms with Crippen molar-refractivity contribution in [1.29, 1.82) is 0 Å². The van der Waals surface area contributed by atoms with Crippen LogP contribution >= 0.6 is 0 Å². The molecule has 0 heterocycles. The van der Waals surface area contributed by atoms with Crippen LogP contribution in [0.15, 0.2) is 84.9 Å². The van der Waals surface area contributed by atoms with Gasteiger partial charge in [0.2, 0.25) is 0 Å². The lowest BCUT2D eigenvalue weighted by molar-refractivity contribution is -0.00633. The van der Waals surface area contributed by atoms with Crippen LogP contribution in [0.25, 0.3) is 0 Å². The monoisotopic (exact) mass is 464 g/mol. The summed E-state index contributed by atoms with van der Waals surface area (Å²) in [5.41, 5.74) is 1.06. The first-order chi connectivity index (χ1) is 15.9. The first-order valence-electron chi connectivity index (χ1n) is 11.5. The van der Waals surface area contributed by atoms with Gasteiger partial charge in [-0.25, -0.2) is 0 Å². The fourth-order valence-electron chi connectivity index (χ4n) is 4.27. The van der Waals surface area contributed by atoms with E-state index in [-0.39, 0.29) is 17.7 Å². The number of hydrogen-bond acceptors (Lipinski definition) is 4. The van der Waals surface area contributed by atoms with Gasteiger partial charge in [-0.05, 0) is 39.5 Å². The standard InChI is InChI=1S/C28H36O4Si/c1-28(2,3)33(26-11-7-5-8-12-26,27-13-9-6-10-14-27)32-22-25(19-20-29)31-21-23-15-17-24(30-4)18-16-23/h5-18,25,29H,19-22H2,1-4H3. The highest BCUT2D eigenvalue weighted by molar-refractivity contribution is 6.99. The Hall–Kier alpha value is -2.44. The van der Waals surface area contributed by atoms with Crippen LogP contribution in [0.2, 0.25) is 5.04 Å². The fourth-order valence-corrected chi connectivity index (χ4v) is 8.87. The predicted molar refractivity (Wildman–Crippen MR) is 137 cm³/mol. The molecule has 0 aliphatic carbocycles. The zero-order valence-electron chi connectivity index (χ0n) is 20.2. The van der Waals surface area contributed by atoms with Crippen LogP contribution in [0.5, 0.6) is 5.75 Å². The lowest BCUT2D eigenvalue weighted by Crippen LogP contribution is -2.67. The molecule has 4 nitrogen and oxygen atoms in total.